The minimum atomic E-state index is -4.47. The lowest BCUT2D eigenvalue weighted by atomic mass is 9.98. The molecule has 1 heterocycles. The van der Waals surface area contributed by atoms with E-state index in [0.717, 1.165) is 11.6 Å². The summed E-state index contributed by atoms with van der Waals surface area (Å²) in [6, 6.07) is 8.57. The highest BCUT2D eigenvalue weighted by molar-refractivity contribution is 5.32. The van der Waals surface area contributed by atoms with Gasteiger partial charge in [0.05, 0.1) is 11.7 Å². The Morgan fingerprint density at radius 1 is 1.15 bits per heavy atom. The van der Waals surface area contributed by atoms with Gasteiger partial charge in [0.1, 0.15) is 0 Å². The molecule has 1 atom stereocenters. The molecule has 1 aromatic heterocycles. The van der Waals surface area contributed by atoms with Crippen molar-refractivity contribution in [2.24, 2.45) is 0 Å². The van der Waals surface area contributed by atoms with E-state index in [1.54, 1.807) is 12.3 Å². The number of rotatable bonds is 3. The highest BCUT2D eigenvalue weighted by Crippen LogP contribution is 2.35. The van der Waals surface area contributed by atoms with Crippen molar-refractivity contribution in [2.75, 3.05) is 0 Å². The van der Waals surface area contributed by atoms with Gasteiger partial charge in [0.2, 0.25) is 0 Å². The second-order valence-electron chi connectivity index (χ2n) is 4.63. The van der Waals surface area contributed by atoms with E-state index < -0.39 is 17.8 Å². The maximum Gasteiger partial charge on any atom is 0.416 e. The molecule has 0 bridgehead atoms. The predicted octanol–water partition coefficient (Wildman–Crippen LogP) is 3.68. The molecule has 0 fully saturated rings. The molecule has 2 rings (SSSR count). The third-order valence-electron chi connectivity index (χ3n) is 3.00. The second kappa shape index (κ2) is 5.63. The van der Waals surface area contributed by atoms with Gasteiger partial charge in [0.25, 0.3) is 0 Å². The second-order valence-corrected chi connectivity index (χ2v) is 4.63. The van der Waals surface area contributed by atoms with E-state index in [1.165, 1.54) is 18.2 Å². The Balaban J connectivity index is 2.25. The summed E-state index contributed by atoms with van der Waals surface area (Å²) in [4.78, 5) is 4.09. The summed E-state index contributed by atoms with van der Waals surface area (Å²) in [7, 11) is 0. The molecule has 2 aromatic rings. The molecule has 106 valence electrons. The lowest BCUT2D eigenvalue weighted by molar-refractivity contribution is -0.139. The number of benzene rings is 1. The first-order valence-electron chi connectivity index (χ1n) is 6.13. The topological polar surface area (TPSA) is 33.1 Å². The normalized spacial score (nSPS) is 13.2. The Hall–Kier alpha value is -1.88. The number of aromatic nitrogens is 1. The number of pyridine rings is 1. The number of aliphatic hydroxyl groups excluding tert-OH is 1. The van der Waals surface area contributed by atoms with Gasteiger partial charge in [0.15, 0.2) is 0 Å². The fourth-order valence-electron chi connectivity index (χ4n) is 1.97. The van der Waals surface area contributed by atoms with Crippen LogP contribution in [0.4, 0.5) is 13.2 Å². The van der Waals surface area contributed by atoms with Crippen LogP contribution in [0.15, 0.2) is 42.6 Å². The number of hydrogen-bond acceptors (Lipinski definition) is 2. The molecule has 0 aliphatic carbocycles. The van der Waals surface area contributed by atoms with Crippen molar-refractivity contribution >= 4 is 0 Å². The van der Waals surface area contributed by atoms with E-state index >= 15 is 0 Å². The third kappa shape index (κ3) is 3.36. The highest BCUT2D eigenvalue weighted by atomic mass is 19.4. The van der Waals surface area contributed by atoms with E-state index in [-0.39, 0.29) is 12.0 Å². The van der Waals surface area contributed by atoms with Crippen LogP contribution in [-0.2, 0) is 12.6 Å². The van der Waals surface area contributed by atoms with Crippen LogP contribution >= 0.6 is 0 Å². The average molecular weight is 281 g/mol. The first-order valence-corrected chi connectivity index (χ1v) is 6.13. The number of nitrogens with zero attached hydrogens (tertiary/aromatic N) is 1. The SMILES string of the molecule is Cc1ccc(CC(O)c2ccccc2C(F)(F)F)nc1. The van der Waals surface area contributed by atoms with Crippen LogP contribution in [0.1, 0.15) is 28.5 Å². The predicted molar refractivity (Wildman–Crippen MR) is 69.1 cm³/mol. The standard InChI is InChI=1S/C15H14F3NO/c1-10-6-7-11(19-9-10)8-14(20)12-4-2-3-5-13(12)15(16,17)18/h2-7,9,14,20H,8H2,1H3. The Labute approximate surface area is 114 Å². The van der Waals surface area contributed by atoms with Gasteiger partial charge in [-0.25, -0.2) is 0 Å². The number of aryl methyl sites for hydroxylation is 1. The molecule has 0 saturated heterocycles. The molecule has 0 amide bonds. The molecule has 0 spiro atoms. The van der Waals surface area contributed by atoms with Crippen molar-refractivity contribution in [3.8, 4) is 0 Å². The number of aliphatic hydroxyl groups is 1. The van der Waals surface area contributed by atoms with Crippen molar-refractivity contribution in [3.63, 3.8) is 0 Å². The molecule has 0 aliphatic heterocycles. The zero-order valence-electron chi connectivity index (χ0n) is 10.9. The molecule has 2 nitrogen and oxygen atoms in total. The molecular formula is C15H14F3NO. The molecule has 1 aromatic carbocycles. The van der Waals surface area contributed by atoms with Gasteiger partial charge >= 0.3 is 6.18 Å². The van der Waals surface area contributed by atoms with Gasteiger partial charge in [-0.05, 0) is 30.2 Å². The summed E-state index contributed by atoms with van der Waals surface area (Å²) in [5, 5.41) is 10.0. The van der Waals surface area contributed by atoms with Crippen LogP contribution in [0.5, 0.6) is 0 Å². The van der Waals surface area contributed by atoms with E-state index in [9.17, 15) is 18.3 Å². The lowest BCUT2D eigenvalue weighted by Crippen LogP contribution is -2.13. The summed E-state index contributed by atoms with van der Waals surface area (Å²) in [6.45, 7) is 1.87. The number of hydrogen-bond donors (Lipinski definition) is 1. The molecule has 0 radical (unpaired) electrons. The molecule has 0 aliphatic rings. The number of alkyl halides is 3. The van der Waals surface area contributed by atoms with Gasteiger partial charge in [-0.15, -0.1) is 0 Å². The van der Waals surface area contributed by atoms with Crippen LogP contribution in [0.2, 0.25) is 0 Å². The van der Waals surface area contributed by atoms with Gasteiger partial charge in [-0.1, -0.05) is 24.3 Å². The summed E-state index contributed by atoms with van der Waals surface area (Å²) in [5.41, 5.74) is 0.584. The molecular weight excluding hydrogens is 267 g/mol. The zero-order valence-corrected chi connectivity index (χ0v) is 10.9. The molecule has 0 saturated carbocycles. The molecule has 5 heteroatoms. The minimum absolute atomic E-state index is 0.0490. The Kier molecular flexibility index (Phi) is 4.09. The van der Waals surface area contributed by atoms with Crippen molar-refractivity contribution in [3.05, 3.63) is 65.0 Å². The van der Waals surface area contributed by atoms with E-state index in [0.29, 0.717) is 5.69 Å². The van der Waals surface area contributed by atoms with Crippen LogP contribution in [-0.4, -0.2) is 10.1 Å². The maximum absolute atomic E-state index is 12.9. The first-order chi connectivity index (χ1) is 9.38. The summed E-state index contributed by atoms with van der Waals surface area (Å²) in [5.74, 6) is 0. The van der Waals surface area contributed by atoms with Crippen molar-refractivity contribution < 1.29 is 18.3 Å². The van der Waals surface area contributed by atoms with Crippen molar-refractivity contribution in [2.45, 2.75) is 25.6 Å². The van der Waals surface area contributed by atoms with Crippen molar-refractivity contribution in [1.29, 1.82) is 0 Å². The molecule has 1 unspecified atom stereocenters. The van der Waals surface area contributed by atoms with Gasteiger partial charge in [-0.2, -0.15) is 13.2 Å². The van der Waals surface area contributed by atoms with Gasteiger partial charge in [0, 0.05) is 18.3 Å². The summed E-state index contributed by atoms with van der Waals surface area (Å²) >= 11 is 0. The Morgan fingerprint density at radius 3 is 2.45 bits per heavy atom. The molecule has 1 N–H and O–H groups in total. The summed E-state index contributed by atoms with van der Waals surface area (Å²) < 4.78 is 38.6. The largest absolute Gasteiger partial charge is 0.416 e. The van der Waals surface area contributed by atoms with Gasteiger partial charge < -0.3 is 5.11 Å². The molecule has 20 heavy (non-hydrogen) atoms. The van der Waals surface area contributed by atoms with Crippen LogP contribution < -0.4 is 0 Å². The lowest BCUT2D eigenvalue weighted by Gasteiger charge is -2.17. The van der Waals surface area contributed by atoms with Gasteiger partial charge in [-0.3, -0.25) is 4.98 Å². The quantitative estimate of drug-likeness (QED) is 0.930. The maximum atomic E-state index is 12.9. The Bertz CT molecular complexity index is 578. The van der Waals surface area contributed by atoms with Crippen LogP contribution in [0.3, 0.4) is 0 Å². The van der Waals surface area contributed by atoms with E-state index in [1.807, 2.05) is 13.0 Å². The van der Waals surface area contributed by atoms with Crippen LogP contribution in [0, 0.1) is 6.92 Å². The smallest absolute Gasteiger partial charge is 0.388 e. The third-order valence-corrected chi connectivity index (χ3v) is 3.00. The average Bonchev–Trinajstić information content (AvgIpc) is 2.40. The monoisotopic (exact) mass is 281 g/mol. The zero-order chi connectivity index (χ0) is 14.8. The summed E-state index contributed by atoms with van der Waals surface area (Å²) in [6.07, 6.45) is -4.04. The highest BCUT2D eigenvalue weighted by Gasteiger charge is 2.34. The van der Waals surface area contributed by atoms with Crippen molar-refractivity contribution in [1.82, 2.24) is 4.98 Å². The first kappa shape index (κ1) is 14.5. The Morgan fingerprint density at radius 2 is 1.85 bits per heavy atom. The van der Waals surface area contributed by atoms with Crippen LogP contribution in [0.25, 0.3) is 0 Å². The fraction of sp³-hybridized carbons (Fsp3) is 0.267. The van der Waals surface area contributed by atoms with E-state index in [2.05, 4.69) is 4.98 Å². The fourth-order valence-corrected chi connectivity index (χ4v) is 1.97. The number of halogens is 3. The van der Waals surface area contributed by atoms with E-state index in [4.69, 9.17) is 0 Å². The minimum Gasteiger partial charge on any atom is -0.388 e.